The number of fused-ring (bicyclic) bond motifs is 1. The first-order valence-corrected chi connectivity index (χ1v) is 8.62. The van der Waals surface area contributed by atoms with Crippen molar-refractivity contribution >= 4 is 10.8 Å². The van der Waals surface area contributed by atoms with E-state index in [1.165, 1.54) is 0 Å². The number of benzene rings is 2. The zero-order valence-corrected chi connectivity index (χ0v) is 14.2. The van der Waals surface area contributed by atoms with E-state index in [2.05, 4.69) is 5.32 Å². The predicted molar refractivity (Wildman–Crippen MR) is 98.1 cm³/mol. The second kappa shape index (κ2) is 6.69. The summed E-state index contributed by atoms with van der Waals surface area (Å²) in [6.45, 7) is 1.45. The van der Waals surface area contributed by atoms with Crippen molar-refractivity contribution in [2.75, 3.05) is 13.7 Å². The summed E-state index contributed by atoms with van der Waals surface area (Å²) in [4.78, 5) is 12.9. The van der Waals surface area contributed by atoms with Gasteiger partial charge in [0.05, 0.1) is 30.8 Å². The summed E-state index contributed by atoms with van der Waals surface area (Å²) in [5, 5.41) is 9.91. The van der Waals surface area contributed by atoms with E-state index in [-0.39, 0.29) is 11.6 Å². The molecule has 0 radical (unpaired) electrons. The highest BCUT2D eigenvalue weighted by atomic mass is 16.5. The fourth-order valence-electron chi connectivity index (χ4n) is 3.45. The normalized spacial score (nSPS) is 17.1. The Morgan fingerprint density at radius 3 is 2.60 bits per heavy atom. The van der Waals surface area contributed by atoms with Crippen molar-refractivity contribution < 1.29 is 4.74 Å². The van der Waals surface area contributed by atoms with Gasteiger partial charge in [0.15, 0.2) is 0 Å². The van der Waals surface area contributed by atoms with Gasteiger partial charge in [0, 0.05) is 5.39 Å². The van der Waals surface area contributed by atoms with E-state index >= 15 is 0 Å². The Hall–Kier alpha value is -2.66. The van der Waals surface area contributed by atoms with Gasteiger partial charge in [-0.25, -0.2) is 4.68 Å². The highest BCUT2D eigenvalue weighted by Crippen LogP contribution is 2.26. The van der Waals surface area contributed by atoms with Crippen molar-refractivity contribution in [2.24, 2.45) is 0 Å². The maximum absolute atomic E-state index is 12.9. The Bertz CT molecular complexity index is 941. The molecule has 4 rings (SSSR count). The molecule has 0 amide bonds. The minimum absolute atomic E-state index is 0.0480. The maximum atomic E-state index is 12.9. The van der Waals surface area contributed by atoms with Crippen LogP contribution in [-0.4, -0.2) is 23.4 Å². The fraction of sp³-hybridized carbons (Fsp3) is 0.300. The van der Waals surface area contributed by atoms with Gasteiger partial charge in [-0.05, 0) is 43.1 Å². The van der Waals surface area contributed by atoms with Crippen LogP contribution in [0.1, 0.15) is 30.1 Å². The van der Waals surface area contributed by atoms with E-state index in [0.717, 1.165) is 47.2 Å². The number of ether oxygens (including phenoxy) is 1. The van der Waals surface area contributed by atoms with E-state index in [1.807, 2.05) is 48.5 Å². The fourth-order valence-corrected chi connectivity index (χ4v) is 3.45. The third kappa shape index (κ3) is 3.03. The summed E-state index contributed by atoms with van der Waals surface area (Å²) >= 11 is 0. The van der Waals surface area contributed by atoms with Gasteiger partial charge in [-0.1, -0.05) is 30.3 Å². The molecule has 5 nitrogen and oxygen atoms in total. The third-order valence-electron chi connectivity index (χ3n) is 4.78. The molecular formula is C20H21N3O2. The molecule has 1 aliphatic heterocycles. The molecule has 1 aliphatic rings. The molecule has 3 aromatic rings. The average molecular weight is 335 g/mol. The van der Waals surface area contributed by atoms with Crippen LogP contribution in [0.5, 0.6) is 5.75 Å². The van der Waals surface area contributed by atoms with Crippen LogP contribution >= 0.6 is 0 Å². The van der Waals surface area contributed by atoms with Crippen LogP contribution < -0.4 is 15.6 Å². The van der Waals surface area contributed by atoms with Crippen LogP contribution in [0.4, 0.5) is 0 Å². The van der Waals surface area contributed by atoms with Crippen molar-refractivity contribution in [3.63, 3.8) is 0 Å². The summed E-state index contributed by atoms with van der Waals surface area (Å²) < 4.78 is 6.78. The Balaban J connectivity index is 1.79. The van der Waals surface area contributed by atoms with Gasteiger partial charge >= 0.3 is 0 Å². The Kier molecular flexibility index (Phi) is 4.24. The quantitative estimate of drug-likeness (QED) is 0.796. The third-order valence-corrected chi connectivity index (χ3v) is 4.78. The molecule has 2 heterocycles. The molecular weight excluding hydrogens is 314 g/mol. The molecule has 25 heavy (non-hydrogen) atoms. The van der Waals surface area contributed by atoms with E-state index in [9.17, 15) is 4.79 Å². The van der Waals surface area contributed by atoms with Crippen molar-refractivity contribution in [1.82, 2.24) is 15.1 Å². The van der Waals surface area contributed by atoms with E-state index in [1.54, 1.807) is 11.8 Å². The first-order chi connectivity index (χ1) is 12.3. The predicted octanol–water partition coefficient (Wildman–Crippen LogP) is 2.88. The Morgan fingerprint density at radius 2 is 1.92 bits per heavy atom. The number of rotatable bonds is 4. The van der Waals surface area contributed by atoms with Crippen LogP contribution in [0.15, 0.2) is 53.3 Å². The lowest BCUT2D eigenvalue weighted by molar-refractivity contribution is 0.414. The minimum Gasteiger partial charge on any atom is -0.497 e. The van der Waals surface area contributed by atoms with Gasteiger partial charge < -0.3 is 10.1 Å². The summed E-state index contributed by atoms with van der Waals surface area (Å²) in [5.74, 6) is 0.804. The largest absolute Gasteiger partial charge is 0.497 e. The molecule has 1 saturated heterocycles. The van der Waals surface area contributed by atoms with Crippen LogP contribution in [0.3, 0.4) is 0 Å². The smallest absolute Gasteiger partial charge is 0.274 e. The molecule has 0 bridgehead atoms. The molecule has 0 aliphatic carbocycles. The Labute approximate surface area is 146 Å². The summed E-state index contributed by atoms with van der Waals surface area (Å²) in [5.41, 5.74) is 1.95. The highest BCUT2D eigenvalue weighted by Gasteiger charge is 2.22. The van der Waals surface area contributed by atoms with Gasteiger partial charge in [0.2, 0.25) is 0 Å². The topological polar surface area (TPSA) is 56.1 Å². The number of hydrogen-bond donors (Lipinski definition) is 1. The lowest BCUT2D eigenvalue weighted by Crippen LogP contribution is -2.27. The summed E-state index contributed by atoms with van der Waals surface area (Å²) in [6.07, 6.45) is 2.19. The van der Waals surface area contributed by atoms with E-state index in [0.29, 0.717) is 6.54 Å². The number of nitrogens with zero attached hydrogens (tertiary/aromatic N) is 2. The van der Waals surface area contributed by atoms with Gasteiger partial charge in [0.1, 0.15) is 5.75 Å². The second-order valence-electron chi connectivity index (χ2n) is 6.39. The zero-order chi connectivity index (χ0) is 17.2. The second-order valence-corrected chi connectivity index (χ2v) is 6.39. The Morgan fingerprint density at radius 1 is 1.16 bits per heavy atom. The number of nitrogens with one attached hydrogen (secondary N) is 1. The molecule has 1 unspecified atom stereocenters. The highest BCUT2D eigenvalue weighted by molar-refractivity contribution is 5.84. The molecule has 1 fully saturated rings. The van der Waals surface area contributed by atoms with Gasteiger partial charge in [-0.2, -0.15) is 5.10 Å². The number of aromatic nitrogens is 2. The van der Waals surface area contributed by atoms with Crippen LogP contribution in [0.25, 0.3) is 10.8 Å². The van der Waals surface area contributed by atoms with Crippen molar-refractivity contribution in [1.29, 1.82) is 0 Å². The zero-order valence-electron chi connectivity index (χ0n) is 14.2. The van der Waals surface area contributed by atoms with E-state index in [4.69, 9.17) is 9.84 Å². The lowest BCUT2D eigenvalue weighted by atomic mass is 10.0. The first kappa shape index (κ1) is 15.8. The molecule has 5 heteroatoms. The molecule has 1 N–H and O–H groups in total. The van der Waals surface area contributed by atoms with Crippen LogP contribution in [-0.2, 0) is 6.54 Å². The van der Waals surface area contributed by atoms with Crippen LogP contribution in [0, 0.1) is 0 Å². The van der Waals surface area contributed by atoms with Crippen molar-refractivity contribution in [3.8, 4) is 5.75 Å². The summed E-state index contributed by atoms with van der Waals surface area (Å²) in [6, 6.07) is 15.7. The van der Waals surface area contributed by atoms with Crippen molar-refractivity contribution in [2.45, 2.75) is 25.4 Å². The van der Waals surface area contributed by atoms with Gasteiger partial charge in [-0.3, -0.25) is 4.79 Å². The molecule has 0 spiro atoms. The molecule has 2 aromatic carbocycles. The number of hydrogen-bond acceptors (Lipinski definition) is 4. The van der Waals surface area contributed by atoms with Gasteiger partial charge in [0.25, 0.3) is 5.56 Å². The van der Waals surface area contributed by atoms with Crippen LogP contribution in [0.2, 0.25) is 0 Å². The summed E-state index contributed by atoms with van der Waals surface area (Å²) in [7, 11) is 1.64. The maximum Gasteiger partial charge on any atom is 0.274 e. The van der Waals surface area contributed by atoms with Crippen molar-refractivity contribution in [3.05, 3.63) is 70.1 Å². The monoisotopic (exact) mass is 335 g/mol. The van der Waals surface area contributed by atoms with Gasteiger partial charge in [-0.15, -0.1) is 0 Å². The average Bonchev–Trinajstić information content (AvgIpc) is 3.19. The van der Waals surface area contributed by atoms with E-state index < -0.39 is 0 Å². The first-order valence-electron chi connectivity index (χ1n) is 8.62. The SMILES string of the molecule is COc1ccc(Cn2nc(C3CCCN3)c3ccccc3c2=O)cc1. The molecule has 1 atom stereocenters. The number of methoxy groups -OCH3 is 1. The molecule has 1 aromatic heterocycles. The minimum atomic E-state index is -0.0480. The molecule has 0 saturated carbocycles. The molecule has 128 valence electrons. The standard InChI is InChI=1S/C20H21N3O2/c1-25-15-10-8-14(9-11-15)13-23-20(24)17-6-3-2-5-16(17)19(22-23)18-7-4-12-21-18/h2-3,5-6,8-11,18,21H,4,7,12-13H2,1H3. The lowest BCUT2D eigenvalue weighted by Gasteiger charge is -2.15.